The number of benzene rings is 1. The number of halogens is 1. The molecular formula is C18H28IN3O3. The standard InChI is InChI=1S/C18H27N3O3.HI/c1-3-19-18(20-9-6-10-23-12-11-22-2)21-14-16-13-15-7-4-5-8-17(15)24-16;/h4-5,7-8,13H,3,6,9-12,14H2,1-2H3,(H2,19,20,21);1H. The highest BCUT2D eigenvalue weighted by Crippen LogP contribution is 2.19. The summed E-state index contributed by atoms with van der Waals surface area (Å²) in [4.78, 5) is 4.57. The molecule has 0 atom stereocenters. The maximum absolute atomic E-state index is 5.78. The van der Waals surface area contributed by atoms with Crippen LogP contribution in [0.3, 0.4) is 0 Å². The molecule has 1 aromatic carbocycles. The average molecular weight is 461 g/mol. The third-order valence-electron chi connectivity index (χ3n) is 3.40. The number of methoxy groups -OCH3 is 1. The highest BCUT2D eigenvalue weighted by molar-refractivity contribution is 14.0. The molecule has 0 saturated carbocycles. The van der Waals surface area contributed by atoms with E-state index in [2.05, 4.69) is 15.6 Å². The number of para-hydroxylation sites is 1. The summed E-state index contributed by atoms with van der Waals surface area (Å²) in [5, 5.41) is 7.64. The van der Waals surface area contributed by atoms with Crippen molar-refractivity contribution in [1.82, 2.24) is 10.6 Å². The van der Waals surface area contributed by atoms with Gasteiger partial charge in [-0.3, -0.25) is 0 Å². The Bertz CT molecular complexity index is 598. The van der Waals surface area contributed by atoms with Crippen molar-refractivity contribution >= 4 is 40.9 Å². The molecule has 140 valence electrons. The van der Waals surface area contributed by atoms with Gasteiger partial charge in [-0.1, -0.05) is 18.2 Å². The first kappa shape index (κ1) is 21.7. The van der Waals surface area contributed by atoms with Gasteiger partial charge in [0.05, 0.1) is 13.2 Å². The number of nitrogens with one attached hydrogen (secondary N) is 2. The summed E-state index contributed by atoms with van der Waals surface area (Å²) in [5.41, 5.74) is 0.897. The van der Waals surface area contributed by atoms with Crippen molar-refractivity contribution < 1.29 is 13.9 Å². The van der Waals surface area contributed by atoms with Crippen LogP contribution in [0, 0.1) is 0 Å². The third kappa shape index (κ3) is 8.06. The van der Waals surface area contributed by atoms with E-state index in [9.17, 15) is 0 Å². The van der Waals surface area contributed by atoms with Crippen molar-refractivity contribution in [2.75, 3.05) is 40.0 Å². The van der Waals surface area contributed by atoms with Crippen molar-refractivity contribution in [2.45, 2.75) is 19.9 Å². The molecule has 0 radical (unpaired) electrons. The fraction of sp³-hybridized carbons (Fsp3) is 0.500. The van der Waals surface area contributed by atoms with E-state index in [0.29, 0.717) is 26.4 Å². The van der Waals surface area contributed by atoms with Gasteiger partial charge in [0.1, 0.15) is 17.9 Å². The van der Waals surface area contributed by atoms with Gasteiger partial charge in [-0.25, -0.2) is 4.99 Å². The lowest BCUT2D eigenvalue weighted by Gasteiger charge is -2.11. The molecule has 0 fully saturated rings. The lowest BCUT2D eigenvalue weighted by molar-refractivity contribution is 0.0698. The van der Waals surface area contributed by atoms with Crippen LogP contribution in [0.1, 0.15) is 19.1 Å². The Hall–Kier alpha value is -1.32. The highest BCUT2D eigenvalue weighted by atomic mass is 127. The van der Waals surface area contributed by atoms with E-state index in [-0.39, 0.29) is 24.0 Å². The minimum atomic E-state index is 0. The van der Waals surface area contributed by atoms with Crippen LogP contribution in [-0.2, 0) is 16.0 Å². The monoisotopic (exact) mass is 461 g/mol. The molecule has 7 heteroatoms. The average Bonchev–Trinajstić information content (AvgIpc) is 3.01. The summed E-state index contributed by atoms with van der Waals surface area (Å²) >= 11 is 0. The van der Waals surface area contributed by atoms with Gasteiger partial charge in [0.2, 0.25) is 0 Å². The summed E-state index contributed by atoms with van der Waals surface area (Å²) in [6.45, 7) is 6.15. The SMILES string of the molecule is CCNC(=NCc1cc2ccccc2o1)NCCCOCCOC.I. The third-order valence-corrected chi connectivity index (χ3v) is 3.40. The van der Waals surface area contributed by atoms with Crippen molar-refractivity contribution in [3.05, 3.63) is 36.1 Å². The van der Waals surface area contributed by atoms with Crippen LogP contribution in [0.5, 0.6) is 0 Å². The topological polar surface area (TPSA) is 68.0 Å². The summed E-state index contributed by atoms with van der Waals surface area (Å²) < 4.78 is 16.2. The number of hydrogen-bond acceptors (Lipinski definition) is 4. The van der Waals surface area contributed by atoms with Gasteiger partial charge in [0.25, 0.3) is 0 Å². The number of guanidine groups is 1. The number of ether oxygens (including phenoxy) is 2. The number of fused-ring (bicyclic) bond motifs is 1. The number of nitrogens with zero attached hydrogens (tertiary/aromatic N) is 1. The normalized spacial score (nSPS) is 11.4. The van der Waals surface area contributed by atoms with Crippen LogP contribution in [0.25, 0.3) is 11.0 Å². The summed E-state index contributed by atoms with van der Waals surface area (Å²) in [6, 6.07) is 10.0. The first-order valence-corrected chi connectivity index (χ1v) is 8.39. The first-order valence-electron chi connectivity index (χ1n) is 8.39. The molecule has 0 amide bonds. The molecule has 0 unspecified atom stereocenters. The minimum Gasteiger partial charge on any atom is -0.459 e. The molecule has 0 saturated heterocycles. The van der Waals surface area contributed by atoms with Gasteiger partial charge >= 0.3 is 0 Å². The first-order chi connectivity index (χ1) is 11.8. The predicted molar refractivity (Wildman–Crippen MR) is 112 cm³/mol. The van der Waals surface area contributed by atoms with Crippen LogP contribution < -0.4 is 10.6 Å². The number of aliphatic imine (C=N–C) groups is 1. The van der Waals surface area contributed by atoms with E-state index in [1.54, 1.807) is 7.11 Å². The lowest BCUT2D eigenvalue weighted by Crippen LogP contribution is -2.38. The Morgan fingerprint density at radius 3 is 2.76 bits per heavy atom. The van der Waals surface area contributed by atoms with Crippen molar-refractivity contribution in [2.24, 2.45) is 4.99 Å². The molecule has 0 bridgehead atoms. The van der Waals surface area contributed by atoms with E-state index in [4.69, 9.17) is 13.9 Å². The fourth-order valence-electron chi connectivity index (χ4n) is 2.24. The smallest absolute Gasteiger partial charge is 0.191 e. The second-order valence-corrected chi connectivity index (χ2v) is 5.33. The van der Waals surface area contributed by atoms with Crippen molar-refractivity contribution in [3.8, 4) is 0 Å². The second-order valence-electron chi connectivity index (χ2n) is 5.33. The van der Waals surface area contributed by atoms with Crippen molar-refractivity contribution in [3.63, 3.8) is 0 Å². The van der Waals surface area contributed by atoms with Gasteiger partial charge in [-0.2, -0.15) is 0 Å². The maximum atomic E-state index is 5.78. The molecule has 6 nitrogen and oxygen atoms in total. The molecule has 2 N–H and O–H groups in total. The molecule has 0 aliphatic rings. The van der Waals surface area contributed by atoms with Crippen LogP contribution in [0.4, 0.5) is 0 Å². The molecule has 2 rings (SSSR count). The van der Waals surface area contributed by atoms with Gasteiger partial charge in [-0.05, 0) is 25.5 Å². The van der Waals surface area contributed by atoms with E-state index >= 15 is 0 Å². The molecular weight excluding hydrogens is 433 g/mol. The zero-order valence-corrected chi connectivity index (χ0v) is 17.2. The van der Waals surface area contributed by atoms with Crippen LogP contribution >= 0.6 is 24.0 Å². The van der Waals surface area contributed by atoms with E-state index < -0.39 is 0 Å². The van der Waals surface area contributed by atoms with E-state index in [1.807, 2.05) is 37.3 Å². The van der Waals surface area contributed by atoms with Gasteiger partial charge in [-0.15, -0.1) is 24.0 Å². The summed E-state index contributed by atoms with van der Waals surface area (Å²) in [7, 11) is 1.67. The van der Waals surface area contributed by atoms with Gasteiger partial charge in [0, 0.05) is 32.2 Å². The van der Waals surface area contributed by atoms with Crippen LogP contribution in [0.2, 0.25) is 0 Å². The largest absolute Gasteiger partial charge is 0.459 e. The maximum Gasteiger partial charge on any atom is 0.191 e. The Balaban J connectivity index is 0.00000312. The number of hydrogen-bond donors (Lipinski definition) is 2. The molecule has 0 aliphatic heterocycles. The minimum absolute atomic E-state index is 0. The molecule has 2 aromatic rings. The molecule has 25 heavy (non-hydrogen) atoms. The Labute approximate surface area is 166 Å². The summed E-state index contributed by atoms with van der Waals surface area (Å²) in [5.74, 6) is 1.64. The Morgan fingerprint density at radius 1 is 1.16 bits per heavy atom. The highest BCUT2D eigenvalue weighted by Gasteiger charge is 2.03. The zero-order valence-electron chi connectivity index (χ0n) is 14.9. The van der Waals surface area contributed by atoms with Crippen molar-refractivity contribution in [1.29, 1.82) is 0 Å². The van der Waals surface area contributed by atoms with Crippen LogP contribution in [-0.4, -0.2) is 46.0 Å². The lowest BCUT2D eigenvalue weighted by atomic mass is 10.2. The zero-order chi connectivity index (χ0) is 17.0. The van der Waals surface area contributed by atoms with E-state index in [1.165, 1.54) is 0 Å². The second kappa shape index (κ2) is 13.0. The van der Waals surface area contributed by atoms with Crippen LogP contribution in [0.15, 0.2) is 39.7 Å². The summed E-state index contributed by atoms with van der Waals surface area (Å²) in [6.07, 6.45) is 0.915. The molecule has 0 aliphatic carbocycles. The number of rotatable bonds is 10. The number of furan rings is 1. The van der Waals surface area contributed by atoms with Gasteiger partial charge < -0.3 is 24.5 Å². The Morgan fingerprint density at radius 2 is 2.00 bits per heavy atom. The molecule has 0 spiro atoms. The quantitative estimate of drug-likeness (QED) is 0.246. The van der Waals surface area contributed by atoms with E-state index in [0.717, 1.165) is 42.2 Å². The molecule has 1 heterocycles. The Kier molecular flexibility index (Phi) is 11.3. The fourth-order valence-corrected chi connectivity index (χ4v) is 2.24. The van der Waals surface area contributed by atoms with Gasteiger partial charge in [0.15, 0.2) is 5.96 Å². The predicted octanol–water partition coefficient (Wildman–Crippen LogP) is 3.16. The molecule has 1 aromatic heterocycles.